The van der Waals surface area contributed by atoms with Gasteiger partial charge in [0.25, 0.3) is 0 Å². The van der Waals surface area contributed by atoms with E-state index in [2.05, 4.69) is 10.3 Å². The molecule has 4 rings (SSSR count). The number of nitrogens with zero attached hydrogens (tertiary/aromatic N) is 3. The van der Waals surface area contributed by atoms with Crippen LogP contribution in [0.3, 0.4) is 0 Å². The second-order valence-corrected chi connectivity index (χ2v) is 6.28. The van der Waals surface area contributed by atoms with E-state index in [1.54, 1.807) is 48.3 Å². The monoisotopic (exact) mass is 403 g/mol. The topological polar surface area (TPSA) is 96.5 Å². The molecule has 0 bridgehead atoms. The number of methoxy groups -OCH3 is 1. The summed E-state index contributed by atoms with van der Waals surface area (Å²) in [6, 6.07) is 17.4. The van der Waals surface area contributed by atoms with Gasteiger partial charge in [-0.05, 0) is 60.7 Å². The lowest BCUT2D eigenvalue weighted by Crippen LogP contribution is -2.14. The molecule has 0 N–H and O–H groups in total. The van der Waals surface area contributed by atoms with E-state index in [0.29, 0.717) is 5.56 Å². The summed E-state index contributed by atoms with van der Waals surface area (Å²) in [5, 5.41) is 8.14. The minimum absolute atomic E-state index is 0.0513. The molecule has 0 fully saturated rings. The molecule has 0 saturated carbocycles. The number of hydrogen-bond donors (Lipinski definition) is 0. The van der Waals surface area contributed by atoms with E-state index in [9.17, 15) is 9.59 Å². The van der Waals surface area contributed by atoms with E-state index in [-0.39, 0.29) is 18.2 Å². The van der Waals surface area contributed by atoms with Crippen molar-refractivity contribution in [3.05, 3.63) is 84.4 Å². The van der Waals surface area contributed by atoms with E-state index in [1.807, 2.05) is 24.3 Å². The second-order valence-electron chi connectivity index (χ2n) is 6.28. The summed E-state index contributed by atoms with van der Waals surface area (Å²) < 4.78 is 16.8. The van der Waals surface area contributed by atoms with Crippen LogP contribution in [0.4, 0.5) is 0 Å². The van der Waals surface area contributed by atoms with Gasteiger partial charge >= 0.3 is 5.97 Å². The average molecular weight is 403 g/mol. The first-order chi connectivity index (χ1) is 14.7. The Morgan fingerprint density at radius 1 is 1.03 bits per heavy atom. The molecule has 0 atom stereocenters. The highest BCUT2D eigenvalue weighted by Crippen LogP contribution is 2.24. The fourth-order valence-electron chi connectivity index (χ4n) is 2.85. The summed E-state index contributed by atoms with van der Waals surface area (Å²) in [6.45, 7) is -0.376. The zero-order valence-corrected chi connectivity index (χ0v) is 16.0. The van der Waals surface area contributed by atoms with Gasteiger partial charge in [-0.2, -0.15) is 0 Å². The van der Waals surface area contributed by atoms with Crippen LogP contribution >= 0.6 is 0 Å². The maximum atomic E-state index is 12.3. The highest BCUT2D eigenvalue weighted by Gasteiger charge is 2.15. The van der Waals surface area contributed by atoms with E-state index < -0.39 is 5.97 Å². The number of ether oxygens (including phenoxy) is 2. The van der Waals surface area contributed by atoms with Gasteiger partial charge in [0.1, 0.15) is 5.75 Å². The molecule has 0 unspecified atom stereocenters. The molecule has 8 heteroatoms. The maximum Gasteiger partial charge on any atom is 0.374 e. The third-order valence-electron chi connectivity index (χ3n) is 4.43. The fraction of sp³-hybridized carbons (Fsp3) is 0.0909. The normalized spacial score (nSPS) is 10.6. The van der Waals surface area contributed by atoms with E-state index in [0.717, 1.165) is 22.7 Å². The number of benzene rings is 2. The summed E-state index contributed by atoms with van der Waals surface area (Å²) in [7, 11) is 1.61. The summed E-state index contributed by atoms with van der Waals surface area (Å²) >= 11 is 0. The molecule has 0 saturated heterocycles. The molecule has 0 aliphatic heterocycles. The Balaban J connectivity index is 1.47. The number of furan rings is 1. The first-order valence-corrected chi connectivity index (χ1v) is 9.05. The Morgan fingerprint density at radius 3 is 2.47 bits per heavy atom. The molecule has 4 aromatic rings. The molecule has 0 amide bonds. The van der Waals surface area contributed by atoms with Crippen molar-refractivity contribution in [1.82, 2.24) is 15.0 Å². The van der Waals surface area contributed by atoms with Crippen LogP contribution in [0.1, 0.15) is 20.9 Å². The highest BCUT2D eigenvalue weighted by atomic mass is 16.5. The first kappa shape index (κ1) is 19.1. The molecule has 0 aliphatic rings. The Bertz CT molecular complexity index is 1150. The van der Waals surface area contributed by atoms with Gasteiger partial charge in [0.05, 0.1) is 31.0 Å². The van der Waals surface area contributed by atoms with Crippen molar-refractivity contribution >= 4 is 11.8 Å². The summed E-state index contributed by atoms with van der Waals surface area (Å²) in [5.74, 6) is -0.198. The summed E-state index contributed by atoms with van der Waals surface area (Å²) in [4.78, 5) is 24.1. The van der Waals surface area contributed by atoms with E-state index in [1.165, 1.54) is 12.3 Å². The highest BCUT2D eigenvalue weighted by molar-refractivity contribution is 5.99. The van der Waals surface area contributed by atoms with E-state index >= 15 is 0 Å². The minimum atomic E-state index is -0.684. The Kier molecular flexibility index (Phi) is 5.38. The van der Waals surface area contributed by atoms with Gasteiger partial charge in [0.15, 0.2) is 12.4 Å². The number of aromatic nitrogens is 3. The van der Waals surface area contributed by atoms with Gasteiger partial charge in [-0.3, -0.25) is 4.79 Å². The molecule has 2 heterocycles. The van der Waals surface area contributed by atoms with Crippen molar-refractivity contribution < 1.29 is 23.5 Å². The minimum Gasteiger partial charge on any atom is -0.497 e. The number of hydrogen-bond acceptors (Lipinski definition) is 7. The molecular formula is C22H17N3O5. The molecular weight excluding hydrogens is 386 g/mol. The van der Waals surface area contributed by atoms with Crippen LogP contribution in [0.15, 0.2) is 77.5 Å². The van der Waals surface area contributed by atoms with Gasteiger partial charge in [0.2, 0.25) is 5.76 Å². The molecule has 2 aromatic heterocycles. The predicted molar refractivity (Wildman–Crippen MR) is 107 cm³/mol. The molecule has 150 valence electrons. The quantitative estimate of drug-likeness (QED) is 0.344. The van der Waals surface area contributed by atoms with E-state index in [4.69, 9.17) is 13.9 Å². The Labute approximate surface area is 171 Å². The SMILES string of the molecule is COc1ccc(-c2cnnn2-c2ccc(C(=O)COC(=O)c3ccco3)cc2)cc1. The lowest BCUT2D eigenvalue weighted by Gasteiger charge is -2.08. The number of carbonyl (C=O) groups excluding carboxylic acids is 2. The molecule has 0 radical (unpaired) electrons. The Morgan fingerprint density at radius 2 is 1.80 bits per heavy atom. The molecule has 0 spiro atoms. The molecule has 2 aromatic carbocycles. The number of esters is 1. The maximum absolute atomic E-state index is 12.3. The van der Waals surface area contributed by atoms with Crippen LogP contribution < -0.4 is 4.74 Å². The van der Waals surface area contributed by atoms with Crippen LogP contribution in [0.2, 0.25) is 0 Å². The average Bonchev–Trinajstić information content (AvgIpc) is 3.50. The number of Topliss-reactive ketones (excluding diaryl/α,β-unsaturated/α-hetero) is 1. The molecule has 0 aliphatic carbocycles. The fourth-order valence-corrected chi connectivity index (χ4v) is 2.85. The van der Waals surface area contributed by atoms with Crippen molar-refractivity contribution in [1.29, 1.82) is 0 Å². The van der Waals surface area contributed by atoms with Crippen LogP contribution in [-0.2, 0) is 4.74 Å². The second kappa shape index (κ2) is 8.44. The number of ketones is 1. The zero-order chi connectivity index (χ0) is 20.9. The predicted octanol–water partition coefficient (Wildman–Crippen LogP) is 3.58. The summed E-state index contributed by atoms with van der Waals surface area (Å²) in [6.07, 6.45) is 3.02. The van der Waals surface area contributed by atoms with Crippen LogP contribution in [0.5, 0.6) is 5.75 Å². The lowest BCUT2D eigenvalue weighted by atomic mass is 10.1. The molecule has 30 heavy (non-hydrogen) atoms. The van der Waals surface area contributed by atoms with Crippen molar-refractivity contribution in [2.45, 2.75) is 0 Å². The van der Waals surface area contributed by atoms with Crippen molar-refractivity contribution in [3.8, 4) is 22.7 Å². The van der Waals surface area contributed by atoms with Crippen molar-refractivity contribution in [2.75, 3.05) is 13.7 Å². The van der Waals surface area contributed by atoms with Gasteiger partial charge in [-0.25, -0.2) is 9.48 Å². The van der Waals surface area contributed by atoms with Crippen molar-refractivity contribution in [2.24, 2.45) is 0 Å². The van der Waals surface area contributed by atoms with Crippen molar-refractivity contribution in [3.63, 3.8) is 0 Å². The smallest absolute Gasteiger partial charge is 0.374 e. The third kappa shape index (κ3) is 3.97. The Hall–Kier alpha value is -4.20. The number of rotatable bonds is 7. The first-order valence-electron chi connectivity index (χ1n) is 9.05. The van der Waals surface area contributed by atoms with Gasteiger partial charge in [-0.15, -0.1) is 5.10 Å². The van der Waals surface area contributed by atoms with Gasteiger partial charge in [0, 0.05) is 11.1 Å². The number of carbonyl (C=O) groups is 2. The summed E-state index contributed by atoms with van der Waals surface area (Å²) in [5.41, 5.74) is 2.87. The largest absolute Gasteiger partial charge is 0.497 e. The standard InChI is InChI=1S/C22H17N3O5/c1-28-18-10-6-15(7-11-18)19-13-23-24-25(19)17-8-4-16(5-9-17)20(26)14-30-22(27)21-3-2-12-29-21/h2-13H,14H2,1H3. The zero-order valence-electron chi connectivity index (χ0n) is 16.0. The van der Waals surface area contributed by atoms with Crippen LogP contribution in [0.25, 0.3) is 16.9 Å². The lowest BCUT2D eigenvalue weighted by molar-refractivity contribution is 0.0444. The third-order valence-corrected chi connectivity index (χ3v) is 4.43. The van der Waals surface area contributed by atoms with Gasteiger partial charge in [-0.1, -0.05) is 5.21 Å². The molecule has 8 nitrogen and oxygen atoms in total. The van der Waals surface area contributed by atoms with Crippen LogP contribution in [-0.4, -0.2) is 40.5 Å². The van der Waals surface area contributed by atoms with Crippen LogP contribution in [0, 0.1) is 0 Å². The van der Waals surface area contributed by atoms with Gasteiger partial charge < -0.3 is 13.9 Å².